The lowest BCUT2D eigenvalue weighted by molar-refractivity contribution is -0.142. The molecule has 0 heterocycles. The van der Waals surface area contributed by atoms with Gasteiger partial charge in [0, 0.05) is 18.5 Å². The van der Waals surface area contributed by atoms with Crippen molar-refractivity contribution < 1.29 is 19.1 Å². The Hall–Kier alpha value is -2.57. The molecule has 0 aliphatic heterocycles. The number of carbonyl (C=O) groups is 3. The summed E-state index contributed by atoms with van der Waals surface area (Å²) in [4.78, 5) is 36.2. The van der Waals surface area contributed by atoms with Crippen LogP contribution in [0.2, 0.25) is 10.0 Å². The molecule has 148 valence electrons. The highest BCUT2D eigenvalue weighted by atomic mass is 35.5. The maximum atomic E-state index is 12.6. The van der Waals surface area contributed by atoms with Crippen molar-refractivity contribution >= 4 is 46.7 Å². The van der Waals surface area contributed by atoms with Crippen LogP contribution in [0.3, 0.4) is 0 Å². The van der Waals surface area contributed by atoms with Gasteiger partial charge in [-0.05, 0) is 29.8 Å². The van der Waals surface area contributed by atoms with Gasteiger partial charge in [-0.25, -0.2) is 4.79 Å². The van der Waals surface area contributed by atoms with Crippen molar-refractivity contribution in [2.24, 2.45) is 0 Å². The minimum atomic E-state index is -0.930. The fraction of sp³-hybridized carbons (Fsp3) is 0.250. The second-order valence-corrected chi connectivity index (χ2v) is 6.76. The molecule has 2 aromatic rings. The van der Waals surface area contributed by atoms with Gasteiger partial charge in [-0.15, -0.1) is 0 Å². The van der Waals surface area contributed by atoms with Crippen LogP contribution in [-0.4, -0.2) is 30.9 Å². The van der Waals surface area contributed by atoms with E-state index >= 15 is 0 Å². The Bertz CT molecular complexity index is 849. The summed E-state index contributed by atoms with van der Waals surface area (Å²) in [5.74, 6) is -1.26. The van der Waals surface area contributed by atoms with Crippen LogP contribution in [0.1, 0.15) is 29.3 Å². The number of halogens is 2. The molecule has 0 aromatic heterocycles. The Morgan fingerprint density at radius 2 is 1.64 bits per heavy atom. The van der Waals surface area contributed by atoms with E-state index in [0.29, 0.717) is 12.1 Å². The summed E-state index contributed by atoms with van der Waals surface area (Å²) in [6.07, 6.45) is 0.575. The van der Waals surface area contributed by atoms with E-state index in [9.17, 15) is 14.4 Å². The molecular weight excluding hydrogens is 403 g/mol. The molecule has 28 heavy (non-hydrogen) atoms. The lowest BCUT2D eigenvalue weighted by Gasteiger charge is -2.18. The minimum absolute atomic E-state index is 0.0935. The van der Waals surface area contributed by atoms with Gasteiger partial charge in [-0.3, -0.25) is 9.59 Å². The zero-order valence-corrected chi connectivity index (χ0v) is 16.9. The first-order chi connectivity index (χ1) is 13.3. The van der Waals surface area contributed by atoms with Crippen LogP contribution < -0.4 is 10.6 Å². The van der Waals surface area contributed by atoms with Gasteiger partial charge in [0.05, 0.1) is 22.7 Å². The standard InChI is InChI=1S/C20H20Cl2N2O4/c1-3-17(25)23-13-9-7-12(8-10-13)11-16(20(27)28-2)24-19(26)18-14(21)5-4-6-15(18)22/h4-10,16H,3,11H2,1-2H3,(H,23,25)(H,24,26). The average molecular weight is 423 g/mol. The van der Waals surface area contributed by atoms with Gasteiger partial charge >= 0.3 is 5.97 Å². The molecule has 0 saturated carbocycles. The number of carbonyl (C=O) groups excluding carboxylic acids is 3. The Kier molecular flexibility index (Phi) is 7.84. The van der Waals surface area contributed by atoms with Crippen molar-refractivity contribution in [2.45, 2.75) is 25.8 Å². The van der Waals surface area contributed by atoms with Crippen molar-refractivity contribution in [3.63, 3.8) is 0 Å². The molecule has 6 nitrogen and oxygen atoms in total. The summed E-state index contributed by atoms with van der Waals surface area (Å²) in [5.41, 5.74) is 1.52. The molecule has 2 rings (SSSR count). The fourth-order valence-electron chi connectivity index (χ4n) is 2.49. The van der Waals surface area contributed by atoms with Crippen molar-refractivity contribution in [1.82, 2.24) is 5.32 Å². The Balaban J connectivity index is 2.15. The SMILES string of the molecule is CCC(=O)Nc1ccc(CC(NC(=O)c2c(Cl)cccc2Cl)C(=O)OC)cc1. The number of benzene rings is 2. The first-order valence-electron chi connectivity index (χ1n) is 8.57. The van der Waals surface area contributed by atoms with E-state index in [1.165, 1.54) is 7.11 Å². The molecule has 0 radical (unpaired) electrons. The van der Waals surface area contributed by atoms with Crippen LogP contribution in [0.25, 0.3) is 0 Å². The topological polar surface area (TPSA) is 84.5 Å². The molecular formula is C20H20Cl2N2O4. The minimum Gasteiger partial charge on any atom is -0.467 e. The third-order valence-corrected chi connectivity index (χ3v) is 4.61. The largest absolute Gasteiger partial charge is 0.467 e. The van der Waals surface area contributed by atoms with E-state index in [2.05, 4.69) is 10.6 Å². The number of amides is 2. The zero-order chi connectivity index (χ0) is 20.7. The molecule has 1 unspecified atom stereocenters. The van der Waals surface area contributed by atoms with Crippen molar-refractivity contribution in [1.29, 1.82) is 0 Å². The van der Waals surface area contributed by atoms with Gasteiger partial charge in [-0.2, -0.15) is 0 Å². The van der Waals surface area contributed by atoms with Crippen molar-refractivity contribution in [3.8, 4) is 0 Å². The molecule has 0 fully saturated rings. The predicted octanol–water partition coefficient (Wildman–Crippen LogP) is 3.86. The summed E-state index contributed by atoms with van der Waals surface area (Å²) >= 11 is 12.1. The number of hydrogen-bond acceptors (Lipinski definition) is 4. The fourth-order valence-corrected chi connectivity index (χ4v) is 3.06. The Labute approximate surface area is 173 Å². The number of anilines is 1. The number of hydrogen-bond donors (Lipinski definition) is 2. The Morgan fingerprint density at radius 1 is 1.04 bits per heavy atom. The first kappa shape index (κ1) is 21.7. The molecule has 2 aromatic carbocycles. The van der Waals surface area contributed by atoms with Crippen LogP contribution in [0, 0.1) is 0 Å². The van der Waals surface area contributed by atoms with E-state index in [1.807, 2.05) is 0 Å². The molecule has 0 spiro atoms. The normalized spacial score (nSPS) is 11.4. The van der Waals surface area contributed by atoms with Crippen LogP contribution in [0.4, 0.5) is 5.69 Å². The van der Waals surface area contributed by atoms with E-state index in [4.69, 9.17) is 27.9 Å². The van der Waals surface area contributed by atoms with Gasteiger partial charge in [-0.1, -0.05) is 48.3 Å². The van der Waals surface area contributed by atoms with Crippen molar-refractivity contribution in [2.75, 3.05) is 12.4 Å². The van der Waals surface area contributed by atoms with E-state index < -0.39 is 17.9 Å². The highest BCUT2D eigenvalue weighted by Crippen LogP contribution is 2.24. The quantitative estimate of drug-likeness (QED) is 0.663. The zero-order valence-electron chi connectivity index (χ0n) is 15.4. The lowest BCUT2D eigenvalue weighted by Crippen LogP contribution is -2.43. The van der Waals surface area contributed by atoms with E-state index in [0.717, 1.165) is 5.56 Å². The van der Waals surface area contributed by atoms with Gasteiger partial charge in [0.15, 0.2) is 0 Å². The van der Waals surface area contributed by atoms with Crippen LogP contribution in [0.5, 0.6) is 0 Å². The number of methoxy groups -OCH3 is 1. The van der Waals surface area contributed by atoms with Gasteiger partial charge < -0.3 is 15.4 Å². The summed E-state index contributed by atoms with van der Waals surface area (Å²) in [6.45, 7) is 1.76. The van der Waals surface area contributed by atoms with Crippen LogP contribution >= 0.6 is 23.2 Å². The van der Waals surface area contributed by atoms with Crippen molar-refractivity contribution in [3.05, 3.63) is 63.6 Å². The maximum absolute atomic E-state index is 12.6. The first-order valence-corrected chi connectivity index (χ1v) is 9.32. The highest BCUT2D eigenvalue weighted by Gasteiger charge is 2.24. The summed E-state index contributed by atoms with van der Waals surface area (Å²) in [5, 5.41) is 5.73. The number of rotatable bonds is 7. The van der Waals surface area contributed by atoms with E-state index in [1.54, 1.807) is 49.4 Å². The third-order valence-electron chi connectivity index (χ3n) is 3.98. The maximum Gasteiger partial charge on any atom is 0.328 e. The number of nitrogens with one attached hydrogen (secondary N) is 2. The molecule has 1 atom stereocenters. The molecule has 2 N–H and O–H groups in total. The third kappa shape index (κ3) is 5.71. The van der Waals surface area contributed by atoms with Crippen LogP contribution in [-0.2, 0) is 20.7 Å². The molecule has 0 aliphatic carbocycles. The van der Waals surface area contributed by atoms with E-state index in [-0.39, 0.29) is 27.9 Å². The highest BCUT2D eigenvalue weighted by molar-refractivity contribution is 6.39. The molecule has 2 amide bonds. The summed E-state index contributed by atoms with van der Waals surface area (Å²) < 4.78 is 4.80. The summed E-state index contributed by atoms with van der Waals surface area (Å²) in [6, 6.07) is 10.7. The monoisotopic (exact) mass is 422 g/mol. The summed E-state index contributed by atoms with van der Waals surface area (Å²) in [7, 11) is 1.24. The number of ether oxygens (including phenoxy) is 1. The predicted molar refractivity (Wildman–Crippen MR) is 109 cm³/mol. The van der Waals surface area contributed by atoms with Crippen LogP contribution in [0.15, 0.2) is 42.5 Å². The second kappa shape index (κ2) is 10.1. The second-order valence-electron chi connectivity index (χ2n) is 5.95. The molecule has 0 bridgehead atoms. The number of esters is 1. The van der Waals surface area contributed by atoms with Gasteiger partial charge in [0.2, 0.25) is 5.91 Å². The molecule has 8 heteroatoms. The van der Waals surface area contributed by atoms with Gasteiger partial charge in [0.1, 0.15) is 6.04 Å². The Morgan fingerprint density at radius 3 is 2.18 bits per heavy atom. The van der Waals surface area contributed by atoms with Gasteiger partial charge in [0.25, 0.3) is 5.91 Å². The molecule has 0 saturated heterocycles. The smallest absolute Gasteiger partial charge is 0.328 e. The lowest BCUT2D eigenvalue weighted by atomic mass is 10.0. The average Bonchev–Trinajstić information content (AvgIpc) is 2.68. The molecule has 0 aliphatic rings.